The van der Waals surface area contributed by atoms with E-state index in [0.29, 0.717) is 24.0 Å². The number of hydrogen-bond acceptors (Lipinski definition) is 5. The molecule has 5 heteroatoms. The third kappa shape index (κ3) is 3.63. The normalized spacial score (nSPS) is 11.0. The molecule has 3 aromatic rings. The van der Waals surface area contributed by atoms with Crippen molar-refractivity contribution in [3.05, 3.63) is 59.3 Å². The summed E-state index contributed by atoms with van der Waals surface area (Å²) in [5.74, 6) is 2.00. The number of aromatic nitrogens is 1. The summed E-state index contributed by atoms with van der Waals surface area (Å²) < 4.78 is 16.7. The first-order chi connectivity index (χ1) is 11.3. The highest BCUT2D eigenvalue weighted by Crippen LogP contribution is 2.30. The van der Waals surface area contributed by atoms with Gasteiger partial charge in [-0.15, -0.1) is 11.3 Å². The molecular weight excluding hydrogens is 310 g/mol. The quantitative estimate of drug-likeness (QED) is 0.637. The molecular formula is C18H17NO3S. The summed E-state index contributed by atoms with van der Waals surface area (Å²) in [7, 11) is 1.63. The van der Waals surface area contributed by atoms with E-state index in [1.165, 1.54) is 0 Å². The molecule has 0 saturated heterocycles. The van der Waals surface area contributed by atoms with Crippen molar-refractivity contribution < 1.29 is 13.9 Å². The molecule has 23 heavy (non-hydrogen) atoms. The Morgan fingerprint density at radius 2 is 2.17 bits per heavy atom. The number of oxazole rings is 1. The molecule has 0 atom stereocenters. The van der Waals surface area contributed by atoms with Crippen molar-refractivity contribution in [2.24, 2.45) is 0 Å². The van der Waals surface area contributed by atoms with Gasteiger partial charge in [-0.05, 0) is 36.1 Å². The van der Waals surface area contributed by atoms with E-state index in [4.69, 9.17) is 13.9 Å². The number of allylic oxidation sites excluding steroid dienone is 1. The predicted molar refractivity (Wildman–Crippen MR) is 91.9 cm³/mol. The lowest BCUT2D eigenvalue weighted by atomic mass is 10.2. The van der Waals surface area contributed by atoms with Gasteiger partial charge < -0.3 is 13.9 Å². The summed E-state index contributed by atoms with van der Waals surface area (Å²) >= 11 is 1.59. The largest absolute Gasteiger partial charge is 0.493 e. The van der Waals surface area contributed by atoms with E-state index in [2.05, 4.69) is 4.98 Å². The zero-order chi connectivity index (χ0) is 16.1. The molecule has 2 heterocycles. The van der Waals surface area contributed by atoms with Crippen LogP contribution in [-0.4, -0.2) is 12.1 Å². The Labute approximate surface area is 139 Å². The van der Waals surface area contributed by atoms with Crippen LogP contribution in [0.25, 0.3) is 16.8 Å². The number of methoxy groups -OCH3 is 1. The summed E-state index contributed by atoms with van der Waals surface area (Å²) in [6.07, 6.45) is 5.61. The molecule has 4 nitrogen and oxygen atoms in total. The maximum Gasteiger partial charge on any atom is 0.236 e. The van der Waals surface area contributed by atoms with E-state index in [0.717, 1.165) is 16.1 Å². The smallest absolute Gasteiger partial charge is 0.236 e. The summed E-state index contributed by atoms with van der Waals surface area (Å²) in [4.78, 5) is 5.44. The van der Waals surface area contributed by atoms with Gasteiger partial charge in [0.25, 0.3) is 0 Å². The monoisotopic (exact) mass is 327 g/mol. The fourth-order valence-corrected chi connectivity index (χ4v) is 2.79. The van der Waals surface area contributed by atoms with Crippen molar-refractivity contribution >= 4 is 17.4 Å². The summed E-state index contributed by atoms with van der Waals surface area (Å²) in [6, 6.07) is 9.77. The summed E-state index contributed by atoms with van der Waals surface area (Å²) in [6.45, 7) is 2.31. The minimum absolute atomic E-state index is 0.328. The molecule has 0 aliphatic heterocycles. The van der Waals surface area contributed by atoms with E-state index in [1.807, 2.05) is 54.8 Å². The maximum atomic E-state index is 5.81. The topological polar surface area (TPSA) is 44.5 Å². The molecule has 0 aliphatic rings. The molecule has 0 bridgehead atoms. The number of ether oxygens (including phenoxy) is 2. The van der Waals surface area contributed by atoms with Crippen LogP contribution in [0.1, 0.15) is 18.2 Å². The van der Waals surface area contributed by atoms with Crippen LogP contribution in [0.4, 0.5) is 0 Å². The molecule has 118 valence electrons. The van der Waals surface area contributed by atoms with Crippen LogP contribution in [0.2, 0.25) is 0 Å². The van der Waals surface area contributed by atoms with Crippen molar-refractivity contribution in [2.45, 2.75) is 13.5 Å². The highest BCUT2D eigenvalue weighted by atomic mass is 32.1. The molecule has 0 amide bonds. The fourth-order valence-electron chi connectivity index (χ4n) is 2.14. The van der Waals surface area contributed by atoms with Gasteiger partial charge in [-0.2, -0.15) is 0 Å². The molecule has 0 aliphatic carbocycles. The fraction of sp³-hybridized carbons (Fsp3) is 0.167. The Balaban J connectivity index is 1.71. The van der Waals surface area contributed by atoms with Crippen LogP contribution in [0.5, 0.6) is 11.5 Å². The zero-order valence-corrected chi connectivity index (χ0v) is 13.8. The van der Waals surface area contributed by atoms with Crippen LogP contribution in [0, 0.1) is 0 Å². The number of hydrogen-bond donors (Lipinski definition) is 0. The second-order valence-corrected chi connectivity index (χ2v) is 5.77. The molecule has 0 spiro atoms. The summed E-state index contributed by atoms with van der Waals surface area (Å²) in [5, 5.41) is 1.99. The standard InChI is InChI=1S/C18H17NO3S/c1-3-5-13-7-8-15(16(10-13)20-2)21-11-14-12-22-18(19-14)17-6-4-9-23-17/h3-10,12H,11H2,1-2H3/b5-3+. The molecule has 0 saturated carbocycles. The lowest BCUT2D eigenvalue weighted by Gasteiger charge is -2.10. The van der Waals surface area contributed by atoms with Gasteiger partial charge in [0.2, 0.25) is 5.89 Å². The minimum Gasteiger partial charge on any atom is -0.493 e. The Hall–Kier alpha value is -2.53. The molecule has 0 N–H and O–H groups in total. The zero-order valence-electron chi connectivity index (χ0n) is 13.0. The van der Waals surface area contributed by atoms with Gasteiger partial charge in [-0.3, -0.25) is 0 Å². The van der Waals surface area contributed by atoms with Crippen LogP contribution in [0.3, 0.4) is 0 Å². The van der Waals surface area contributed by atoms with Crippen molar-refractivity contribution in [2.75, 3.05) is 7.11 Å². The van der Waals surface area contributed by atoms with E-state index in [9.17, 15) is 0 Å². The molecule has 2 aromatic heterocycles. The number of rotatable bonds is 6. The van der Waals surface area contributed by atoms with E-state index >= 15 is 0 Å². The first-order valence-corrected chi connectivity index (χ1v) is 8.10. The summed E-state index contributed by atoms with van der Waals surface area (Å²) in [5.41, 5.74) is 1.81. The lowest BCUT2D eigenvalue weighted by molar-refractivity contribution is 0.280. The average Bonchev–Trinajstić information content (AvgIpc) is 3.25. The molecule has 0 unspecified atom stereocenters. The van der Waals surface area contributed by atoms with E-state index in [-0.39, 0.29) is 0 Å². The highest BCUT2D eigenvalue weighted by molar-refractivity contribution is 7.13. The molecule has 1 aromatic carbocycles. The molecule has 0 radical (unpaired) electrons. The first kappa shape index (κ1) is 15.4. The van der Waals surface area contributed by atoms with Crippen LogP contribution in [-0.2, 0) is 6.61 Å². The number of benzene rings is 1. The van der Waals surface area contributed by atoms with Crippen LogP contribution < -0.4 is 9.47 Å². The highest BCUT2D eigenvalue weighted by Gasteiger charge is 2.10. The van der Waals surface area contributed by atoms with Gasteiger partial charge in [0.05, 0.1) is 12.0 Å². The van der Waals surface area contributed by atoms with Gasteiger partial charge in [0.1, 0.15) is 18.6 Å². The number of nitrogens with zero attached hydrogens (tertiary/aromatic N) is 1. The van der Waals surface area contributed by atoms with Crippen LogP contribution >= 0.6 is 11.3 Å². The number of thiophene rings is 1. The van der Waals surface area contributed by atoms with Gasteiger partial charge >= 0.3 is 0 Å². The minimum atomic E-state index is 0.328. The Morgan fingerprint density at radius 1 is 1.26 bits per heavy atom. The SMILES string of the molecule is C/C=C/c1ccc(OCc2coc(-c3cccs3)n2)c(OC)c1. The third-order valence-electron chi connectivity index (χ3n) is 3.21. The molecule has 3 rings (SSSR count). The first-order valence-electron chi connectivity index (χ1n) is 7.22. The molecule has 0 fully saturated rings. The lowest BCUT2D eigenvalue weighted by Crippen LogP contribution is -1.98. The van der Waals surface area contributed by atoms with Crippen molar-refractivity contribution in [3.8, 4) is 22.3 Å². The Bertz CT molecular complexity index is 790. The van der Waals surface area contributed by atoms with E-state index in [1.54, 1.807) is 24.7 Å². The third-order valence-corrected chi connectivity index (χ3v) is 4.06. The Kier molecular flexibility index (Phi) is 4.78. The Morgan fingerprint density at radius 3 is 2.91 bits per heavy atom. The maximum absolute atomic E-state index is 5.81. The van der Waals surface area contributed by atoms with Gasteiger partial charge in [-0.1, -0.05) is 24.3 Å². The van der Waals surface area contributed by atoms with E-state index < -0.39 is 0 Å². The van der Waals surface area contributed by atoms with Crippen molar-refractivity contribution in [1.82, 2.24) is 4.98 Å². The van der Waals surface area contributed by atoms with Gasteiger partial charge in [-0.25, -0.2) is 4.98 Å². The second kappa shape index (κ2) is 7.15. The van der Waals surface area contributed by atoms with Crippen molar-refractivity contribution in [3.63, 3.8) is 0 Å². The van der Waals surface area contributed by atoms with Gasteiger partial charge in [0.15, 0.2) is 11.5 Å². The second-order valence-electron chi connectivity index (χ2n) is 4.82. The average molecular weight is 327 g/mol. The van der Waals surface area contributed by atoms with Gasteiger partial charge in [0, 0.05) is 0 Å². The predicted octanol–water partition coefficient (Wildman–Crippen LogP) is 5.02. The van der Waals surface area contributed by atoms with Crippen molar-refractivity contribution in [1.29, 1.82) is 0 Å². The van der Waals surface area contributed by atoms with Crippen LogP contribution in [0.15, 0.2) is 52.5 Å².